The Kier molecular flexibility index (Phi) is 6.23. The number of ether oxygens (including phenoxy) is 1. The maximum atomic E-state index is 13.0. The Morgan fingerprint density at radius 1 is 1.10 bits per heavy atom. The molecule has 0 bridgehead atoms. The first-order valence-electron chi connectivity index (χ1n) is 14.1. The zero-order valence-corrected chi connectivity index (χ0v) is 22.8. The molecule has 0 spiro atoms. The highest BCUT2D eigenvalue weighted by molar-refractivity contribution is 5.88. The molecule has 3 aromatic heterocycles. The van der Waals surface area contributed by atoms with Gasteiger partial charge < -0.3 is 24.4 Å². The average Bonchev–Trinajstić information content (AvgIpc) is 3.70. The average molecular weight is 544 g/mol. The third kappa shape index (κ3) is 4.31. The van der Waals surface area contributed by atoms with E-state index in [1.807, 2.05) is 40.4 Å². The van der Waals surface area contributed by atoms with Crippen LogP contribution in [0.3, 0.4) is 0 Å². The topological polar surface area (TPSA) is 123 Å². The van der Waals surface area contributed by atoms with Crippen molar-refractivity contribution < 1.29 is 14.3 Å². The minimum absolute atomic E-state index is 0.0587. The molecule has 2 aliphatic heterocycles. The van der Waals surface area contributed by atoms with Crippen LogP contribution in [0.25, 0.3) is 28.1 Å². The number of carbonyl (C=O) groups is 2. The van der Waals surface area contributed by atoms with Gasteiger partial charge in [-0.2, -0.15) is 4.98 Å². The number of aryl methyl sites for hydroxylation is 2. The normalized spacial score (nSPS) is 20.1. The fourth-order valence-corrected chi connectivity index (χ4v) is 5.68. The second kappa shape index (κ2) is 9.93. The first kappa shape index (κ1) is 25.1. The molecule has 3 fully saturated rings. The lowest BCUT2D eigenvalue weighted by Gasteiger charge is -2.34. The summed E-state index contributed by atoms with van der Waals surface area (Å²) >= 11 is 0. The van der Waals surface area contributed by atoms with Gasteiger partial charge in [0.1, 0.15) is 29.0 Å². The number of carbonyl (C=O) groups excluding carboxylic acids is 2. The first-order valence-corrected chi connectivity index (χ1v) is 14.1. The van der Waals surface area contributed by atoms with E-state index in [4.69, 9.17) is 24.7 Å². The fraction of sp³-hybridized carbons (Fsp3) is 0.500. The van der Waals surface area contributed by atoms with E-state index in [1.54, 1.807) is 9.80 Å². The van der Waals surface area contributed by atoms with Gasteiger partial charge in [-0.1, -0.05) is 19.1 Å². The van der Waals surface area contributed by atoms with Crippen molar-refractivity contribution in [2.45, 2.75) is 38.8 Å². The highest BCUT2D eigenvalue weighted by atomic mass is 16.5. The van der Waals surface area contributed by atoms with Gasteiger partial charge >= 0.3 is 0 Å². The minimum Gasteiger partial charge on any atom is -0.369 e. The summed E-state index contributed by atoms with van der Waals surface area (Å²) in [6.07, 6.45) is 2.32. The van der Waals surface area contributed by atoms with Crippen LogP contribution in [0.15, 0.2) is 24.3 Å². The molecule has 1 aliphatic carbocycles. The molecule has 5 heterocycles. The molecule has 3 aliphatic rings. The van der Waals surface area contributed by atoms with Crippen LogP contribution in [-0.2, 0) is 34.3 Å². The number of nitrogens with zero attached hydrogens (tertiary/aromatic N) is 8. The molecule has 1 aromatic carbocycles. The lowest BCUT2D eigenvalue weighted by Crippen LogP contribution is -2.52. The predicted molar refractivity (Wildman–Crippen MR) is 147 cm³/mol. The maximum absolute atomic E-state index is 13.0. The molecule has 0 radical (unpaired) electrons. The summed E-state index contributed by atoms with van der Waals surface area (Å²) in [5.74, 6) is 2.29. The number of aromatic nitrogens is 6. The number of imidazole rings is 2. The molecule has 1 N–H and O–H groups in total. The van der Waals surface area contributed by atoms with Crippen molar-refractivity contribution in [2.24, 2.45) is 13.0 Å². The summed E-state index contributed by atoms with van der Waals surface area (Å²) in [5, 5.41) is 3.40. The fourth-order valence-electron chi connectivity index (χ4n) is 5.68. The largest absolute Gasteiger partial charge is 0.369 e. The predicted octanol–water partition coefficient (Wildman–Crippen LogP) is 1.51. The van der Waals surface area contributed by atoms with Crippen LogP contribution in [0.4, 0.5) is 0 Å². The van der Waals surface area contributed by atoms with Gasteiger partial charge in [0.25, 0.3) is 0 Å². The van der Waals surface area contributed by atoms with E-state index in [-0.39, 0.29) is 30.4 Å². The van der Waals surface area contributed by atoms with Gasteiger partial charge in [0.15, 0.2) is 5.65 Å². The van der Waals surface area contributed by atoms with Crippen LogP contribution in [0.5, 0.6) is 0 Å². The van der Waals surface area contributed by atoms with Crippen molar-refractivity contribution in [2.75, 3.05) is 39.3 Å². The van der Waals surface area contributed by atoms with Crippen LogP contribution in [0.1, 0.15) is 43.2 Å². The summed E-state index contributed by atoms with van der Waals surface area (Å²) in [6, 6.07) is 7.99. The number of fused-ring (bicyclic) bond motifs is 2. The molecule has 2 amide bonds. The number of amides is 2. The third-order valence-electron chi connectivity index (χ3n) is 8.09. The molecule has 12 nitrogen and oxygen atoms in total. The Hall–Kier alpha value is -3.90. The van der Waals surface area contributed by atoms with Gasteiger partial charge in [0.05, 0.1) is 30.7 Å². The summed E-state index contributed by atoms with van der Waals surface area (Å²) in [7, 11) is 1.93. The number of hydrogen-bond acceptors (Lipinski definition) is 8. The van der Waals surface area contributed by atoms with Crippen LogP contribution in [-0.4, -0.2) is 90.0 Å². The summed E-state index contributed by atoms with van der Waals surface area (Å²) in [5.41, 5.74) is 3.91. The molecular formula is C28H33N9O3. The second-order valence-electron chi connectivity index (χ2n) is 10.8. The maximum Gasteiger partial charge on any atom is 0.242 e. The number of morpholine rings is 1. The summed E-state index contributed by atoms with van der Waals surface area (Å²) in [6.45, 7) is 5.57. The molecule has 7 rings (SSSR count). The Morgan fingerprint density at radius 2 is 1.95 bits per heavy atom. The summed E-state index contributed by atoms with van der Waals surface area (Å²) < 4.78 is 10.1. The number of hydrogen-bond donors (Lipinski definition) is 1. The van der Waals surface area contributed by atoms with Crippen LogP contribution in [0, 0.1) is 5.92 Å². The van der Waals surface area contributed by atoms with Gasteiger partial charge in [-0.15, -0.1) is 0 Å². The standard InChI is InChI=1S/C28H33N9O3/c1-3-21-30-18-6-4-5-7-19(18)37(21)28-32-24(20-14-29-10-13-40-20)25-26(33-28)34(2)22(31-25)15-35-11-12-36(16-23(35)38)27(39)17-8-9-17/h4-7,17,20,29H,3,8-16H2,1-2H3. The van der Waals surface area contributed by atoms with Gasteiger partial charge in [0, 0.05) is 45.6 Å². The van der Waals surface area contributed by atoms with Gasteiger partial charge in [0.2, 0.25) is 17.8 Å². The Bertz CT molecular complexity index is 1620. The molecule has 1 unspecified atom stereocenters. The van der Waals surface area contributed by atoms with E-state index in [9.17, 15) is 9.59 Å². The first-order chi connectivity index (χ1) is 19.5. The lowest BCUT2D eigenvalue weighted by molar-refractivity contribution is -0.146. The molecule has 1 atom stereocenters. The van der Waals surface area contributed by atoms with Gasteiger partial charge in [-0.05, 0) is 25.0 Å². The van der Waals surface area contributed by atoms with E-state index in [2.05, 4.69) is 12.2 Å². The van der Waals surface area contributed by atoms with E-state index < -0.39 is 0 Å². The van der Waals surface area contributed by atoms with E-state index in [0.29, 0.717) is 55.7 Å². The van der Waals surface area contributed by atoms with Crippen molar-refractivity contribution in [3.8, 4) is 5.95 Å². The molecule has 1 saturated carbocycles. The Labute approximate surface area is 231 Å². The molecule has 208 valence electrons. The van der Waals surface area contributed by atoms with E-state index in [0.717, 1.165) is 48.4 Å². The number of nitrogens with one attached hydrogen (secondary N) is 1. The van der Waals surface area contributed by atoms with E-state index in [1.165, 1.54) is 0 Å². The number of para-hydroxylation sites is 2. The molecule has 12 heteroatoms. The zero-order chi connectivity index (χ0) is 27.4. The quantitative estimate of drug-likeness (QED) is 0.388. The van der Waals surface area contributed by atoms with Crippen molar-refractivity contribution in [3.05, 3.63) is 41.6 Å². The van der Waals surface area contributed by atoms with Gasteiger partial charge in [-0.3, -0.25) is 14.2 Å². The molecule has 40 heavy (non-hydrogen) atoms. The lowest BCUT2D eigenvalue weighted by atomic mass is 10.2. The van der Waals surface area contributed by atoms with Crippen molar-refractivity contribution in [1.82, 2.24) is 44.2 Å². The van der Waals surface area contributed by atoms with Crippen molar-refractivity contribution in [3.63, 3.8) is 0 Å². The smallest absolute Gasteiger partial charge is 0.242 e. The minimum atomic E-state index is -0.278. The van der Waals surface area contributed by atoms with Crippen molar-refractivity contribution >= 4 is 34.0 Å². The van der Waals surface area contributed by atoms with Crippen molar-refractivity contribution in [1.29, 1.82) is 0 Å². The van der Waals surface area contributed by atoms with Crippen LogP contribution < -0.4 is 5.32 Å². The Balaban J connectivity index is 1.28. The SMILES string of the molecule is CCc1nc2ccccc2n1-c1nc(C2CNCCO2)c2nc(CN3CCN(C(=O)C4CC4)CC3=O)n(C)c2n1. The monoisotopic (exact) mass is 543 g/mol. The number of piperazine rings is 1. The summed E-state index contributed by atoms with van der Waals surface area (Å²) in [4.78, 5) is 48.8. The highest BCUT2D eigenvalue weighted by Crippen LogP contribution is 2.32. The van der Waals surface area contributed by atoms with Crippen LogP contribution >= 0.6 is 0 Å². The van der Waals surface area contributed by atoms with Gasteiger partial charge in [-0.25, -0.2) is 15.0 Å². The van der Waals surface area contributed by atoms with Crippen LogP contribution in [0.2, 0.25) is 0 Å². The molecule has 2 saturated heterocycles. The molecular weight excluding hydrogens is 510 g/mol. The third-order valence-corrected chi connectivity index (χ3v) is 8.09. The highest BCUT2D eigenvalue weighted by Gasteiger charge is 2.37. The molecule has 4 aromatic rings. The second-order valence-corrected chi connectivity index (χ2v) is 10.8. The van der Waals surface area contributed by atoms with E-state index >= 15 is 0 Å². The zero-order valence-electron chi connectivity index (χ0n) is 22.8. The Morgan fingerprint density at radius 3 is 2.70 bits per heavy atom. The number of rotatable bonds is 6. The number of benzene rings is 1.